The van der Waals surface area contributed by atoms with Crippen molar-refractivity contribution in [2.24, 2.45) is 0 Å². The van der Waals surface area contributed by atoms with Crippen LogP contribution in [0.5, 0.6) is 0 Å². The van der Waals surface area contributed by atoms with Gasteiger partial charge in [0.25, 0.3) is 0 Å². The summed E-state index contributed by atoms with van der Waals surface area (Å²) in [4.78, 5) is 0. The van der Waals surface area contributed by atoms with Gasteiger partial charge in [0.1, 0.15) is 10.8 Å². The van der Waals surface area contributed by atoms with E-state index < -0.39 is 0 Å². The topological polar surface area (TPSA) is 30.7 Å². The highest BCUT2D eigenvalue weighted by Gasteiger charge is 2.17. The van der Waals surface area contributed by atoms with Crippen molar-refractivity contribution < 1.29 is 4.39 Å². The van der Waals surface area contributed by atoms with E-state index in [1.165, 1.54) is 29.1 Å². The van der Waals surface area contributed by atoms with Crippen molar-refractivity contribution in [2.45, 2.75) is 38.1 Å². The maximum absolute atomic E-state index is 14.0. The minimum absolute atomic E-state index is 0.295. The second kappa shape index (κ2) is 7.58. The number of nitrogens with zero attached hydrogens (tertiary/aromatic N) is 3. The van der Waals surface area contributed by atoms with Crippen molar-refractivity contribution in [1.29, 1.82) is 0 Å². The van der Waals surface area contributed by atoms with Gasteiger partial charge in [0.15, 0.2) is 0 Å². The first-order chi connectivity index (χ1) is 12.0. The van der Waals surface area contributed by atoms with Crippen molar-refractivity contribution in [3.8, 4) is 0 Å². The first-order valence-corrected chi connectivity index (χ1v) is 9.38. The van der Waals surface area contributed by atoms with Crippen LogP contribution in [0.4, 0.5) is 4.39 Å². The fourth-order valence-corrected chi connectivity index (χ4v) is 4.16. The lowest BCUT2D eigenvalue weighted by molar-refractivity contribution is 0.617. The molecule has 3 aromatic rings. The smallest absolute Gasteiger partial charge is 0.143 e. The van der Waals surface area contributed by atoms with Crippen LogP contribution in [0, 0.1) is 19.7 Å². The van der Waals surface area contributed by atoms with Gasteiger partial charge in [-0.3, -0.25) is 0 Å². The summed E-state index contributed by atoms with van der Waals surface area (Å²) in [6, 6.07) is 4.74. The van der Waals surface area contributed by atoms with E-state index in [4.69, 9.17) is 11.6 Å². The van der Waals surface area contributed by atoms with Crippen LogP contribution in [0.15, 0.2) is 41.6 Å². The molecule has 0 N–H and O–H groups in total. The molecule has 0 atom stereocenters. The Morgan fingerprint density at radius 2 is 2.12 bits per heavy atom. The molecule has 0 amide bonds. The molecule has 0 bridgehead atoms. The number of halogens is 2. The van der Waals surface area contributed by atoms with Crippen molar-refractivity contribution in [3.63, 3.8) is 0 Å². The lowest BCUT2D eigenvalue weighted by Crippen LogP contribution is -2.00. The molecular weight excluding hydrogens is 357 g/mol. The summed E-state index contributed by atoms with van der Waals surface area (Å²) < 4.78 is 16.3. The fourth-order valence-electron chi connectivity index (χ4n) is 2.81. The highest BCUT2D eigenvalue weighted by molar-refractivity contribution is 7.98. The molecule has 0 saturated carbocycles. The summed E-state index contributed by atoms with van der Waals surface area (Å²) in [5.74, 6) is 0.114. The third-order valence-corrected chi connectivity index (χ3v) is 5.69. The maximum Gasteiger partial charge on any atom is 0.143 e. The number of benzene rings is 1. The zero-order valence-corrected chi connectivity index (χ0v) is 16.0. The van der Waals surface area contributed by atoms with Gasteiger partial charge in [0, 0.05) is 34.0 Å². The van der Waals surface area contributed by atoms with Crippen LogP contribution in [0.1, 0.15) is 23.7 Å². The molecule has 0 aliphatic heterocycles. The average molecular weight is 376 g/mol. The number of rotatable bonds is 5. The number of aromatic nitrogens is 3. The van der Waals surface area contributed by atoms with E-state index in [2.05, 4.69) is 34.7 Å². The maximum atomic E-state index is 14.0. The quantitative estimate of drug-likeness (QED) is 0.422. The summed E-state index contributed by atoms with van der Waals surface area (Å²) in [6.45, 7) is 6.96. The van der Waals surface area contributed by atoms with Gasteiger partial charge in [0.05, 0.1) is 11.7 Å². The molecule has 130 valence electrons. The van der Waals surface area contributed by atoms with Crippen LogP contribution in [0.25, 0.3) is 10.9 Å². The predicted octanol–water partition coefficient (Wildman–Crippen LogP) is 5.71. The summed E-state index contributed by atoms with van der Waals surface area (Å²) in [7, 11) is 0. The van der Waals surface area contributed by atoms with E-state index >= 15 is 0 Å². The highest BCUT2D eigenvalue weighted by Crippen LogP contribution is 2.34. The van der Waals surface area contributed by atoms with Crippen LogP contribution in [0.2, 0.25) is 5.02 Å². The van der Waals surface area contributed by atoms with E-state index in [-0.39, 0.29) is 5.82 Å². The van der Waals surface area contributed by atoms with Crippen LogP contribution >= 0.6 is 23.4 Å². The first-order valence-electron chi connectivity index (χ1n) is 8.02. The van der Waals surface area contributed by atoms with Gasteiger partial charge in [-0.1, -0.05) is 41.6 Å². The molecule has 0 fully saturated rings. The SMILES string of the molecule is CC=CCn1c(C)c(C)c2cnnc(SCc3c(F)cccc3Cl)c21. The van der Waals surface area contributed by atoms with Crippen molar-refractivity contribution in [1.82, 2.24) is 14.8 Å². The molecule has 3 rings (SSSR count). The third kappa shape index (κ3) is 3.44. The summed E-state index contributed by atoms with van der Waals surface area (Å²) in [5.41, 5.74) is 3.92. The zero-order chi connectivity index (χ0) is 18.0. The zero-order valence-electron chi connectivity index (χ0n) is 14.4. The number of thioether (sulfide) groups is 1. The van der Waals surface area contributed by atoms with Gasteiger partial charge in [-0.05, 0) is 38.5 Å². The van der Waals surface area contributed by atoms with Crippen molar-refractivity contribution in [2.75, 3.05) is 0 Å². The lowest BCUT2D eigenvalue weighted by atomic mass is 10.2. The van der Waals surface area contributed by atoms with E-state index in [1.807, 2.05) is 13.0 Å². The second-order valence-electron chi connectivity index (χ2n) is 5.79. The lowest BCUT2D eigenvalue weighted by Gasteiger charge is -2.09. The molecule has 0 aliphatic rings. The largest absolute Gasteiger partial charge is 0.339 e. The van der Waals surface area contributed by atoms with Gasteiger partial charge in [-0.25, -0.2) is 4.39 Å². The van der Waals surface area contributed by atoms with Gasteiger partial charge in [0.2, 0.25) is 0 Å². The molecule has 6 heteroatoms. The fraction of sp³-hybridized carbons (Fsp3) is 0.263. The monoisotopic (exact) mass is 375 g/mol. The number of aryl methyl sites for hydroxylation is 1. The third-order valence-electron chi connectivity index (χ3n) is 4.35. The Morgan fingerprint density at radius 1 is 1.32 bits per heavy atom. The molecule has 0 spiro atoms. The normalized spacial score (nSPS) is 11.7. The molecule has 0 radical (unpaired) electrons. The molecule has 0 aliphatic carbocycles. The Balaban J connectivity index is 2.03. The minimum atomic E-state index is -0.295. The van der Waals surface area contributed by atoms with E-state index in [1.54, 1.807) is 18.3 Å². The summed E-state index contributed by atoms with van der Waals surface area (Å²) in [6.07, 6.45) is 5.93. The number of hydrogen-bond donors (Lipinski definition) is 0. The van der Waals surface area contributed by atoms with Crippen LogP contribution in [0.3, 0.4) is 0 Å². The first kappa shape index (κ1) is 18.0. The average Bonchev–Trinajstić information content (AvgIpc) is 2.84. The van der Waals surface area contributed by atoms with Crippen LogP contribution in [-0.2, 0) is 12.3 Å². The Morgan fingerprint density at radius 3 is 2.84 bits per heavy atom. The second-order valence-corrected chi connectivity index (χ2v) is 7.16. The minimum Gasteiger partial charge on any atom is -0.339 e. The Labute approximate surface area is 155 Å². The Kier molecular flexibility index (Phi) is 5.45. The van der Waals surface area contributed by atoms with Crippen LogP contribution < -0.4 is 0 Å². The molecule has 0 saturated heterocycles. The van der Waals surface area contributed by atoms with Gasteiger partial charge >= 0.3 is 0 Å². The molecule has 3 nitrogen and oxygen atoms in total. The molecule has 1 aromatic carbocycles. The molecule has 25 heavy (non-hydrogen) atoms. The van der Waals surface area contributed by atoms with E-state index in [9.17, 15) is 4.39 Å². The number of hydrogen-bond acceptors (Lipinski definition) is 3. The molecular formula is C19H19ClFN3S. The number of allylic oxidation sites excluding steroid dienone is 2. The molecule has 2 heterocycles. The highest BCUT2D eigenvalue weighted by atomic mass is 35.5. The van der Waals surface area contributed by atoms with Gasteiger partial charge < -0.3 is 4.57 Å². The predicted molar refractivity (Wildman–Crippen MR) is 103 cm³/mol. The summed E-state index contributed by atoms with van der Waals surface area (Å²) in [5, 5.41) is 10.8. The van der Waals surface area contributed by atoms with Crippen molar-refractivity contribution in [3.05, 3.63) is 64.2 Å². The molecule has 2 aromatic heterocycles. The number of fused-ring (bicyclic) bond motifs is 1. The van der Waals surface area contributed by atoms with E-state index in [0.717, 1.165) is 22.5 Å². The van der Waals surface area contributed by atoms with Crippen LogP contribution in [-0.4, -0.2) is 14.8 Å². The Hall–Kier alpha value is -1.85. The standard InChI is InChI=1S/C19H19ClFN3S/c1-4-5-9-24-13(3)12(2)14-10-22-23-19(18(14)24)25-11-15-16(20)7-6-8-17(15)21/h4-8,10H,9,11H2,1-3H3. The molecule has 0 unspecified atom stereocenters. The summed E-state index contributed by atoms with van der Waals surface area (Å²) >= 11 is 7.60. The van der Waals surface area contributed by atoms with Gasteiger partial charge in [-0.2, -0.15) is 5.10 Å². The van der Waals surface area contributed by atoms with Gasteiger partial charge in [-0.15, -0.1) is 5.10 Å². The van der Waals surface area contributed by atoms with E-state index in [0.29, 0.717) is 16.3 Å². The van der Waals surface area contributed by atoms with Crippen molar-refractivity contribution >= 4 is 34.3 Å². The Bertz CT molecular complexity index is 929.